The van der Waals surface area contributed by atoms with Crippen molar-refractivity contribution in [1.82, 2.24) is 9.97 Å². The molecule has 5 nitrogen and oxygen atoms in total. The Balaban J connectivity index is 2.09. The lowest BCUT2D eigenvalue weighted by Crippen LogP contribution is -2.36. The fraction of sp³-hybridized carbons (Fsp3) is 0.692. The van der Waals surface area contributed by atoms with Gasteiger partial charge in [0.05, 0.1) is 7.11 Å². The second kappa shape index (κ2) is 5.42. The third-order valence-corrected chi connectivity index (χ3v) is 4.04. The summed E-state index contributed by atoms with van der Waals surface area (Å²) in [5.41, 5.74) is 0.454. The van der Waals surface area contributed by atoms with E-state index < -0.39 is 0 Å². The molecule has 0 radical (unpaired) electrons. The van der Waals surface area contributed by atoms with E-state index in [1.807, 2.05) is 7.05 Å². The highest BCUT2D eigenvalue weighted by molar-refractivity contribution is 5.63. The highest BCUT2D eigenvalue weighted by Gasteiger charge is 2.35. The van der Waals surface area contributed by atoms with Gasteiger partial charge < -0.3 is 15.4 Å². The van der Waals surface area contributed by atoms with E-state index in [0.29, 0.717) is 17.0 Å². The normalized spacial score (nSPS) is 16.8. The summed E-state index contributed by atoms with van der Waals surface area (Å²) in [5.74, 6) is 2.18. The summed E-state index contributed by atoms with van der Waals surface area (Å²) in [6.45, 7) is 3.22. The molecule has 0 amide bonds. The first-order valence-corrected chi connectivity index (χ1v) is 6.55. The van der Waals surface area contributed by atoms with Gasteiger partial charge in [0.25, 0.3) is 0 Å². The Kier molecular flexibility index (Phi) is 3.89. The van der Waals surface area contributed by atoms with Crippen molar-refractivity contribution in [3.05, 3.63) is 6.33 Å². The van der Waals surface area contributed by atoms with Crippen LogP contribution in [-0.2, 0) is 0 Å². The van der Waals surface area contributed by atoms with Gasteiger partial charge in [-0.3, -0.25) is 0 Å². The molecule has 0 atom stereocenters. The van der Waals surface area contributed by atoms with Crippen LogP contribution in [0.2, 0.25) is 0 Å². The molecular weight excluding hydrogens is 228 g/mol. The monoisotopic (exact) mass is 250 g/mol. The van der Waals surface area contributed by atoms with Gasteiger partial charge in [0, 0.05) is 13.6 Å². The molecule has 1 heterocycles. The summed E-state index contributed by atoms with van der Waals surface area (Å²) in [5, 5.41) is 6.43. The average molecular weight is 250 g/mol. The van der Waals surface area contributed by atoms with Crippen LogP contribution in [0, 0.1) is 5.41 Å². The molecule has 0 unspecified atom stereocenters. The fourth-order valence-corrected chi connectivity index (χ4v) is 2.47. The van der Waals surface area contributed by atoms with Gasteiger partial charge in [-0.05, 0) is 24.7 Å². The molecule has 0 aromatic carbocycles. The zero-order chi connectivity index (χ0) is 13.0. The molecule has 1 aromatic rings. The van der Waals surface area contributed by atoms with Gasteiger partial charge >= 0.3 is 0 Å². The molecule has 0 saturated heterocycles. The van der Waals surface area contributed by atoms with E-state index in [1.54, 1.807) is 13.4 Å². The number of ether oxygens (including phenoxy) is 1. The van der Waals surface area contributed by atoms with Crippen molar-refractivity contribution in [2.24, 2.45) is 5.41 Å². The third kappa shape index (κ3) is 2.35. The molecule has 1 aliphatic rings. The number of aromatic nitrogens is 2. The summed E-state index contributed by atoms with van der Waals surface area (Å²) < 4.78 is 5.37. The van der Waals surface area contributed by atoms with E-state index in [1.165, 1.54) is 25.7 Å². The second-order valence-corrected chi connectivity index (χ2v) is 4.91. The first-order chi connectivity index (χ1) is 8.74. The Morgan fingerprint density at radius 2 is 2.06 bits per heavy atom. The van der Waals surface area contributed by atoms with Crippen LogP contribution in [0.4, 0.5) is 11.6 Å². The summed E-state index contributed by atoms with van der Waals surface area (Å²) in [4.78, 5) is 8.41. The Morgan fingerprint density at radius 1 is 1.33 bits per heavy atom. The lowest BCUT2D eigenvalue weighted by molar-refractivity contribution is 0.144. The minimum atomic E-state index is 0.454. The van der Waals surface area contributed by atoms with Crippen molar-refractivity contribution in [1.29, 1.82) is 0 Å². The Labute approximate surface area is 108 Å². The molecule has 0 aliphatic heterocycles. The van der Waals surface area contributed by atoms with E-state index in [-0.39, 0.29) is 0 Å². The summed E-state index contributed by atoms with van der Waals surface area (Å²) in [6, 6.07) is 0. The van der Waals surface area contributed by atoms with E-state index in [0.717, 1.165) is 12.4 Å². The molecule has 1 aliphatic carbocycles. The van der Waals surface area contributed by atoms with Crippen molar-refractivity contribution in [2.75, 3.05) is 31.3 Å². The third-order valence-electron chi connectivity index (χ3n) is 4.04. The number of hydrogen-bond acceptors (Lipinski definition) is 5. The van der Waals surface area contributed by atoms with Crippen LogP contribution in [-0.4, -0.2) is 30.7 Å². The maximum Gasteiger partial charge on any atom is 0.204 e. The van der Waals surface area contributed by atoms with E-state index >= 15 is 0 Å². The number of hydrogen-bond donors (Lipinski definition) is 2. The van der Waals surface area contributed by atoms with Crippen molar-refractivity contribution in [3.8, 4) is 5.75 Å². The van der Waals surface area contributed by atoms with Gasteiger partial charge in [-0.25, -0.2) is 9.97 Å². The van der Waals surface area contributed by atoms with Gasteiger partial charge in [-0.1, -0.05) is 13.3 Å². The molecule has 1 saturated carbocycles. The smallest absolute Gasteiger partial charge is 0.204 e. The van der Waals surface area contributed by atoms with E-state index in [2.05, 4.69) is 27.5 Å². The predicted octanol–water partition coefficient (Wildman–Crippen LogP) is 2.52. The molecule has 0 spiro atoms. The number of anilines is 2. The van der Waals surface area contributed by atoms with Crippen LogP contribution in [0.5, 0.6) is 5.75 Å². The van der Waals surface area contributed by atoms with Crippen molar-refractivity contribution in [2.45, 2.75) is 32.6 Å². The molecule has 100 valence electrons. The first-order valence-electron chi connectivity index (χ1n) is 6.55. The summed E-state index contributed by atoms with van der Waals surface area (Å²) in [7, 11) is 3.47. The van der Waals surface area contributed by atoms with Crippen LogP contribution >= 0.6 is 0 Å². The number of methoxy groups -OCH3 is 1. The first kappa shape index (κ1) is 12.9. The predicted molar refractivity (Wildman–Crippen MR) is 73.2 cm³/mol. The maximum absolute atomic E-state index is 5.37. The largest absolute Gasteiger partial charge is 0.490 e. The zero-order valence-corrected chi connectivity index (χ0v) is 11.4. The van der Waals surface area contributed by atoms with Crippen molar-refractivity contribution < 1.29 is 4.74 Å². The van der Waals surface area contributed by atoms with Gasteiger partial charge in [-0.2, -0.15) is 0 Å². The van der Waals surface area contributed by atoms with Gasteiger partial charge in [-0.15, -0.1) is 0 Å². The highest BCUT2D eigenvalue weighted by atomic mass is 16.5. The molecular formula is C13H22N4O. The fourth-order valence-electron chi connectivity index (χ4n) is 2.47. The number of nitrogens with zero attached hydrogens (tertiary/aromatic N) is 2. The lowest BCUT2D eigenvalue weighted by Gasteiger charge is -2.41. The van der Waals surface area contributed by atoms with E-state index in [9.17, 15) is 0 Å². The van der Waals surface area contributed by atoms with Gasteiger partial charge in [0.15, 0.2) is 11.6 Å². The highest BCUT2D eigenvalue weighted by Crippen LogP contribution is 2.44. The van der Waals surface area contributed by atoms with Crippen LogP contribution in [0.25, 0.3) is 0 Å². The zero-order valence-electron chi connectivity index (χ0n) is 11.4. The van der Waals surface area contributed by atoms with Crippen LogP contribution in [0.3, 0.4) is 0 Å². The quantitative estimate of drug-likeness (QED) is 0.812. The van der Waals surface area contributed by atoms with Gasteiger partial charge in [0.1, 0.15) is 6.33 Å². The molecule has 5 heteroatoms. The van der Waals surface area contributed by atoms with E-state index in [4.69, 9.17) is 4.74 Å². The van der Waals surface area contributed by atoms with Crippen LogP contribution in [0.15, 0.2) is 6.33 Å². The van der Waals surface area contributed by atoms with Crippen molar-refractivity contribution >= 4 is 11.6 Å². The topological polar surface area (TPSA) is 59.1 Å². The Hall–Kier alpha value is -1.52. The Morgan fingerprint density at radius 3 is 2.56 bits per heavy atom. The van der Waals surface area contributed by atoms with Crippen LogP contribution in [0.1, 0.15) is 32.6 Å². The lowest BCUT2D eigenvalue weighted by atomic mass is 9.67. The molecule has 18 heavy (non-hydrogen) atoms. The van der Waals surface area contributed by atoms with Crippen LogP contribution < -0.4 is 15.4 Å². The SMILES string of the molecule is CCC1(CNc2ncnc(NC)c2OC)CCC1. The summed E-state index contributed by atoms with van der Waals surface area (Å²) in [6.07, 6.45) is 6.73. The van der Waals surface area contributed by atoms with Crippen molar-refractivity contribution in [3.63, 3.8) is 0 Å². The second-order valence-electron chi connectivity index (χ2n) is 4.91. The number of nitrogens with one attached hydrogen (secondary N) is 2. The standard InChI is InChI=1S/C13H22N4O/c1-4-13(6-5-7-13)8-15-12-10(18-3)11(14-2)16-9-17-12/h9H,4-8H2,1-3H3,(H2,14,15,16,17). The average Bonchev–Trinajstić information content (AvgIpc) is 2.37. The minimum Gasteiger partial charge on any atom is -0.490 e. The maximum atomic E-state index is 5.37. The number of rotatable bonds is 6. The Bertz CT molecular complexity index is 398. The molecule has 2 rings (SSSR count). The molecule has 0 bridgehead atoms. The molecule has 1 fully saturated rings. The van der Waals surface area contributed by atoms with Gasteiger partial charge in [0.2, 0.25) is 5.75 Å². The minimum absolute atomic E-state index is 0.454. The molecule has 1 aromatic heterocycles. The molecule has 2 N–H and O–H groups in total. The summed E-state index contributed by atoms with van der Waals surface area (Å²) >= 11 is 0.